The van der Waals surface area contributed by atoms with Gasteiger partial charge in [-0.1, -0.05) is 0 Å². The van der Waals surface area contributed by atoms with Crippen LogP contribution in [0.3, 0.4) is 0 Å². The Morgan fingerprint density at radius 2 is 2.31 bits per heavy atom. The lowest BCUT2D eigenvalue weighted by Crippen LogP contribution is -2.25. The summed E-state index contributed by atoms with van der Waals surface area (Å²) in [5.74, 6) is 0.0583. The molecule has 1 fully saturated rings. The van der Waals surface area contributed by atoms with Crippen molar-refractivity contribution in [3.8, 4) is 5.75 Å². The molecule has 2 rings (SSSR count). The minimum Gasteiger partial charge on any atom is -0.491 e. The molecule has 3 nitrogen and oxygen atoms in total. The molecule has 1 aromatic carbocycles. The molecule has 0 radical (unpaired) electrons. The van der Waals surface area contributed by atoms with E-state index in [1.165, 1.54) is 18.6 Å². The highest BCUT2D eigenvalue weighted by molar-refractivity contribution is 5.43. The first-order chi connectivity index (χ1) is 7.75. The predicted octanol–water partition coefficient (Wildman–Crippen LogP) is 2.36. The first kappa shape index (κ1) is 11.2. The molecule has 0 aromatic heterocycles. The summed E-state index contributed by atoms with van der Waals surface area (Å²) in [4.78, 5) is 0. The van der Waals surface area contributed by atoms with Crippen molar-refractivity contribution in [3.05, 3.63) is 24.0 Å². The van der Waals surface area contributed by atoms with E-state index in [4.69, 9.17) is 15.2 Å². The molecule has 0 aliphatic carbocycles. The number of hydrogen-bond donors (Lipinski definition) is 1. The van der Waals surface area contributed by atoms with Crippen molar-refractivity contribution >= 4 is 5.69 Å². The highest BCUT2D eigenvalue weighted by Crippen LogP contribution is 2.19. The molecule has 0 amide bonds. The summed E-state index contributed by atoms with van der Waals surface area (Å²) < 4.78 is 24.1. The van der Waals surface area contributed by atoms with Gasteiger partial charge in [0, 0.05) is 12.7 Å². The lowest BCUT2D eigenvalue weighted by Gasteiger charge is -2.22. The van der Waals surface area contributed by atoms with Gasteiger partial charge in [0.15, 0.2) is 0 Å². The molecule has 1 aromatic rings. The van der Waals surface area contributed by atoms with Gasteiger partial charge in [0.2, 0.25) is 0 Å². The lowest BCUT2D eigenvalue weighted by atomic mass is 10.1. The van der Waals surface area contributed by atoms with Gasteiger partial charge < -0.3 is 15.2 Å². The highest BCUT2D eigenvalue weighted by Gasteiger charge is 2.14. The zero-order valence-electron chi connectivity index (χ0n) is 9.12. The molecule has 88 valence electrons. The van der Waals surface area contributed by atoms with Crippen molar-refractivity contribution in [1.29, 1.82) is 0 Å². The van der Waals surface area contributed by atoms with Crippen molar-refractivity contribution in [2.24, 2.45) is 0 Å². The van der Waals surface area contributed by atoms with Gasteiger partial charge in [-0.3, -0.25) is 0 Å². The third kappa shape index (κ3) is 2.85. The van der Waals surface area contributed by atoms with Crippen LogP contribution in [0.5, 0.6) is 5.75 Å². The second kappa shape index (κ2) is 5.16. The minimum absolute atomic E-state index is 0.134. The zero-order valence-corrected chi connectivity index (χ0v) is 9.12. The van der Waals surface area contributed by atoms with E-state index in [2.05, 4.69) is 0 Å². The smallest absolute Gasteiger partial charge is 0.149 e. The average molecular weight is 225 g/mol. The number of halogens is 1. The van der Waals surface area contributed by atoms with Crippen molar-refractivity contribution < 1.29 is 13.9 Å². The van der Waals surface area contributed by atoms with Crippen LogP contribution >= 0.6 is 0 Å². The summed E-state index contributed by atoms with van der Waals surface area (Å²) in [5.41, 5.74) is 5.51. The van der Waals surface area contributed by atoms with Crippen LogP contribution in [0.4, 0.5) is 10.1 Å². The van der Waals surface area contributed by atoms with Crippen LogP contribution in [-0.2, 0) is 4.74 Å². The average Bonchev–Trinajstić information content (AvgIpc) is 2.32. The number of ether oxygens (including phenoxy) is 2. The Morgan fingerprint density at radius 1 is 1.44 bits per heavy atom. The third-order valence-corrected chi connectivity index (χ3v) is 2.68. The zero-order chi connectivity index (χ0) is 11.4. The van der Waals surface area contributed by atoms with Gasteiger partial charge in [-0.05, 0) is 31.4 Å². The van der Waals surface area contributed by atoms with E-state index in [1.807, 2.05) is 0 Å². The number of benzene rings is 1. The Kier molecular flexibility index (Phi) is 3.62. The van der Waals surface area contributed by atoms with Crippen LogP contribution in [0, 0.1) is 5.82 Å². The fourth-order valence-corrected chi connectivity index (χ4v) is 1.73. The Bertz CT molecular complexity index is 351. The molecule has 1 saturated heterocycles. The fraction of sp³-hybridized carbons (Fsp3) is 0.500. The van der Waals surface area contributed by atoms with Gasteiger partial charge in [0.1, 0.15) is 18.2 Å². The van der Waals surface area contributed by atoms with Crippen LogP contribution in [0.25, 0.3) is 0 Å². The van der Waals surface area contributed by atoms with E-state index in [9.17, 15) is 4.39 Å². The molecular weight excluding hydrogens is 209 g/mol. The van der Waals surface area contributed by atoms with Crippen LogP contribution in [0.2, 0.25) is 0 Å². The van der Waals surface area contributed by atoms with Gasteiger partial charge in [-0.2, -0.15) is 0 Å². The molecular formula is C12H16FNO2. The Morgan fingerprint density at radius 3 is 3.00 bits per heavy atom. The molecule has 1 heterocycles. The standard InChI is InChI=1S/C12H16FNO2/c13-11-7-9(4-5-12(11)14)16-8-10-3-1-2-6-15-10/h4-5,7,10H,1-3,6,8,14H2. The molecule has 16 heavy (non-hydrogen) atoms. The van der Waals surface area contributed by atoms with E-state index in [0.717, 1.165) is 19.4 Å². The topological polar surface area (TPSA) is 44.5 Å². The maximum atomic E-state index is 13.1. The molecule has 1 unspecified atom stereocenters. The first-order valence-electron chi connectivity index (χ1n) is 5.55. The maximum Gasteiger partial charge on any atom is 0.149 e. The normalized spacial score (nSPS) is 20.7. The second-order valence-electron chi connectivity index (χ2n) is 3.98. The summed E-state index contributed by atoms with van der Waals surface area (Å²) in [5, 5.41) is 0. The van der Waals surface area contributed by atoms with E-state index in [0.29, 0.717) is 12.4 Å². The van der Waals surface area contributed by atoms with Gasteiger partial charge in [-0.15, -0.1) is 0 Å². The third-order valence-electron chi connectivity index (χ3n) is 2.68. The summed E-state index contributed by atoms with van der Waals surface area (Å²) in [6, 6.07) is 4.48. The van der Waals surface area contributed by atoms with Crippen molar-refractivity contribution in [2.75, 3.05) is 18.9 Å². The van der Waals surface area contributed by atoms with E-state index >= 15 is 0 Å². The highest BCUT2D eigenvalue weighted by atomic mass is 19.1. The fourth-order valence-electron chi connectivity index (χ4n) is 1.73. The molecule has 0 saturated carbocycles. The summed E-state index contributed by atoms with van der Waals surface area (Å²) in [6.45, 7) is 1.27. The van der Waals surface area contributed by atoms with Crippen LogP contribution < -0.4 is 10.5 Å². The summed E-state index contributed by atoms with van der Waals surface area (Å²) in [7, 11) is 0. The van der Waals surface area contributed by atoms with Crippen molar-refractivity contribution in [2.45, 2.75) is 25.4 Å². The number of rotatable bonds is 3. The Balaban J connectivity index is 1.86. The van der Waals surface area contributed by atoms with Gasteiger partial charge in [0.25, 0.3) is 0 Å². The first-order valence-corrected chi connectivity index (χ1v) is 5.55. The molecule has 2 N–H and O–H groups in total. The molecule has 0 spiro atoms. The predicted molar refractivity (Wildman–Crippen MR) is 59.9 cm³/mol. The van der Waals surface area contributed by atoms with Crippen LogP contribution in [0.1, 0.15) is 19.3 Å². The molecule has 0 bridgehead atoms. The van der Waals surface area contributed by atoms with Crippen LogP contribution in [0.15, 0.2) is 18.2 Å². The number of nitrogens with two attached hydrogens (primary N) is 1. The van der Waals surface area contributed by atoms with Crippen molar-refractivity contribution in [3.63, 3.8) is 0 Å². The Labute approximate surface area is 94.3 Å². The molecule has 1 atom stereocenters. The number of nitrogen functional groups attached to an aromatic ring is 1. The minimum atomic E-state index is -0.443. The van der Waals surface area contributed by atoms with Crippen molar-refractivity contribution in [1.82, 2.24) is 0 Å². The summed E-state index contributed by atoms with van der Waals surface area (Å²) in [6.07, 6.45) is 3.43. The quantitative estimate of drug-likeness (QED) is 0.803. The second-order valence-corrected chi connectivity index (χ2v) is 3.98. The van der Waals surface area contributed by atoms with Crippen LogP contribution in [-0.4, -0.2) is 19.3 Å². The molecule has 1 aliphatic heterocycles. The SMILES string of the molecule is Nc1ccc(OCC2CCCCO2)cc1F. The molecule has 1 aliphatic rings. The van der Waals surface area contributed by atoms with E-state index in [1.54, 1.807) is 6.07 Å². The number of anilines is 1. The van der Waals surface area contributed by atoms with Gasteiger partial charge >= 0.3 is 0 Å². The van der Waals surface area contributed by atoms with Gasteiger partial charge in [0.05, 0.1) is 11.8 Å². The Hall–Kier alpha value is -1.29. The number of hydrogen-bond acceptors (Lipinski definition) is 3. The maximum absolute atomic E-state index is 13.1. The van der Waals surface area contributed by atoms with E-state index in [-0.39, 0.29) is 11.8 Å². The molecule has 4 heteroatoms. The monoisotopic (exact) mass is 225 g/mol. The van der Waals surface area contributed by atoms with Gasteiger partial charge in [-0.25, -0.2) is 4.39 Å². The largest absolute Gasteiger partial charge is 0.491 e. The lowest BCUT2D eigenvalue weighted by molar-refractivity contribution is -0.0111. The van der Waals surface area contributed by atoms with E-state index < -0.39 is 5.82 Å². The summed E-state index contributed by atoms with van der Waals surface area (Å²) >= 11 is 0.